The van der Waals surface area contributed by atoms with E-state index in [-0.39, 0.29) is 35.5 Å². The summed E-state index contributed by atoms with van der Waals surface area (Å²) in [4.78, 5) is 11.1. The normalized spacial score (nSPS) is 12.3. The third-order valence-electron chi connectivity index (χ3n) is 3.84. The Morgan fingerprint density at radius 3 is 2.36 bits per heavy atom. The molecule has 10 heteroatoms. The number of aromatic amines is 1. The van der Waals surface area contributed by atoms with Gasteiger partial charge in [0.05, 0.1) is 5.56 Å². The first kappa shape index (κ1) is 21.5. The average Bonchev–Trinajstić information content (AvgIpc) is 3.07. The molecule has 1 aromatic heterocycles. The highest BCUT2D eigenvalue weighted by atomic mass is 35.5. The molecule has 1 atom stereocenters. The summed E-state index contributed by atoms with van der Waals surface area (Å²) in [7, 11) is 0. The largest absolute Gasteiger partial charge is 0.489 e. The maximum absolute atomic E-state index is 13.4. The van der Waals surface area contributed by atoms with E-state index in [1.54, 1.807) is 19.1 Å². The highest BCUT2D eigenvalue weighted by Crippen LogP contribution is 2.39. The van der Waals surface area contributed by atoms with Gasteiger partial charge in [0.2, 0.25) is 5.89 Å². The molecular weight excluding hydrogens is 399 g/mol. The smallest absolute Gasteiger partial charge is 0.434 e. The Kier molecular flexibility index (Phi) is 6.52. The Labute approximate surface area is 163 Å². The molecule has 0 fully saturated rings. The molecule has 3 N–H and O–H groups in total. The van der Waals surface area contributed by atoms with Gasteiger partial charge in [-0.05, 0) is 48.4 Å². The number of aromatic nitrogens is 2. The van der Waals surface area contributed by atoms with Crippen LogP contribution in [0.2, 0.25) is 0 Å². The zero-order chi connectivity index (χ0) is 19.6. The lowest BCUT2D eigenvalue weighted by Crippen LogP contribution is -2.22. The molecule has 0 spiro atoms. The molecule has 1 heterocycles. The van der Waals surface area contributed by atoms with Crippen molar-refractivity contribution in [1.82, 2.24) is 10.2 Å². The molecule has 0 aliphatic heterocycles. The maximum Gasteiger partial charge on any atom is 0.434 e. The van der Waals surface area contributed by atoms with E-state index in [0.717, 1.165) is 6.07 Å². The van der Waals surface area contributed by atoms with Gasteiger partial charge >= 0.3 is 11.9 Å². The lowest BCUT2D eigenvalue weighted by atomic mass is 9.96. The van der Waals surface area contributed by atoms with Gasteiger partial charge in [0.25, 0.3) is 0 Å². The van der Waals surface area contributed by atoms with E-state index < -0.39 is 17.5 Å². The molecule has 0 aliphatic carbocycles. The third kappa shape index (κ3) is 4.73. The van der Waals surface area contributed by atoms with E-state index in [0.29, 0.717) is 17.9 Å². The molecule has 28 heavy (non-hydrogen) atoms. The van der Waals surface area contributed by atoms with Crippen LogP contribution >= 0.6 is 12.4 Å². The summed E-state index contributed by atoms with van der Waals surface area (Å²) in [5, 5.41) is 5.73. The van der Waals surface area contributed by atoms with Gasteiger partial charge in [0, 0.05) is 12.1 Å². The summed E-state index contributed by atoms with van der Waals surface area (Å²) in [5.74, 6) is -0.381. The van der Waals surface area contributed by atoms with E-state index in [2.05, 4.69) is 10.2 Å². The Bertz CT molecular complexity index is 984. The number of nitrogens with zero attached hydrogens (tertiary/aromatic N) is 1. The number of nitrogens with one attached hydrogen (secondary N) is 1. The van der Waals surface area contributed by atoms with Gasteiger partial charge in [-0.2, -0.15) is 13.2 Å². The molecule has 0 aliphatic rings. The monoisotopic (exact) mass is 415 g/mol. The molecule has 150 valence electrons. The fourth-order valence-corrected chi connectivity index (χ4v) is 2.51. The lowest BCUT2D eigenvalue weighted by molar-refractivity contribution is -0.137. The van der Waals surface area contributed by atoms with Crippen molar-refractivity contribution in [3.8, 4) is 28.3 Å². The second-order valence-electron chi connectivity index (χ2n) is 5.86. The number of alkyl halides is 3. The molecule has 0 radical (unpaired) electrons. The van der Waals surface area contributed by atoms with E-state index >= 15 is 0 Å². The van der Waals surface area contributed by atoms with Crippen LogP contribution in [0, 0.1) is 0 Å². The molecule has 0 saturated carbocycles. The topological polar surface area (TPSA) is 94.1 Å². The Hall–Kier alpha value is -2.78. The summed E-state index contributed by atoms with van der Waals surface area (Å²) in [5.41, 5.74) is 5.19. The first-order valence-corrected chi connectivity index (χ1v) is 8.02. The Morgan fingerprint density at radius 2 is 1.82 bits per heavy atom. The van der Waals surface area contributed by atoms with Crippen molar-refractivity contribution in [3.63, 3.8) is 0 Å². The fraction of sp³-hybridized carbons (Fsp3) is 0.222. The van der Waals surface area contributed by atoms with Gasteiger partial charge in [-0.25, -0.2) is 9.89 Å². The second-order valence-corrected chi connectivity index (χ2v) is 5.86. The predicted molar refractivity (Wildman–Crippen MR) is 99.4 cm³/mol. The standard InChI is InChI=1S/C18H16F3N3O3.ClH/c1-10(9-22)26-13-5-2-11(3-6-13)14-8-12(16-23-24-17(25)27-16)4-7-15(14)18(19,20)21;/h2-8,10H,9,22H2,1H3,(H,24,25);1H. The minimum absolute atomic E-state index is 0. The number of benzene rings is 2. The Balaban J connectivity index is 0.00000280. The van der Waals surface area contributed by atoms with Crippen molar-refractivity contribution in [2.45, 2.75) is 19.2 Å². The SMILES string of the molecule is CC(CN)Oc1ccc(-c2cc(-c3n[nH]c(=O)o3)ccc2C(F)(F)F)cc1.Cl. The van der Waals surface area contributed by atoms with Crippen LogP contribution in [0.1, 0.15) is 12.5 Å². The molecule has 3 aromatic rings. The minimum Gasteiger partial charge on any atom is -0.489 e. The van der Waals surface area contributed by atoms with Crippen molar-refractivity contribution >= 4 is 12.4 Å². The number of hydrogen-bond acceptors (Lipinski definition) is 5. The third-order valence-corrected chi connectivity index (χ3v) is 3.84. The number of H-pyrrole nitrogens is 1. The summed E-state index contributed by atoms with van der Waals surface area (Å²) < 4.78 is 50.7. The predicted octanol–water partition coefficient (Wildman–Crippen LogP) is 3.86. The molecule has 3 rings (SSSR count). The van der Waals surface area contributed by atoms with Gasteiger partial charge in [-0.3, -0.25) is 0 Å². The number of nitrogens with two attached hydrogens (primary N) is 1. The molecule has 1 unspecified atom stereocenters. The van der Waals surface area contributed by atoms with Crippen LogP contribution in [0.3, 0.4) is 0 Å². The minimum atomic E-state index is -4.55. The molecule has 0 saturated heterocycles. The fourth-order valence-electron chi connectivity index (χ4n) is 2.51. The van der Waals surface area contributed by atoms with Gasteiger partial charge in [0.15, 0.2) is 0 Å². The van der Waals surface area contributed by atoms with Gasteiger partial charge in [0.1, 0.15) is 11.9 Å². The van der Waals surface area contributed by atoms with Crippen molar-refractivity contribution in [2.24, 2.45) is 5.73 Å². The number of ether oxygens (including phenoxy) is 1. The van der Waals surface area contributed by atoms with Crippen molar-refractivity contribution in [2.75, 3.05) is 6.54 Å². The number of hydrogen-bond donors (Lipinski definition) is 2. The van der Waals surface area contributed by atoms with E-state index in [1.165, 1.54) is 24.3 Å². The second kappa shape index (κ2) is 8.49. The quantitative estimate of drug-likeness (QED) is 0.659. The van der Waals surface area contributed by atoms with Crippen molar-refractivity contribution in [1.29, 1.82) is 0 Å². The molecule has 2 aromatic carbocycles. The first-order chi connectivity index (χ1) is 12.8. The van der Waals surface area contributed by atoms with E-state index in [4.69, 9.17) is 14.9 Å². The summed E-state index contributed by atoms with van der Waals surface area (Å²) in [6.07, 6.45) is -4.77. The summed E-state index contributed by atoms with van der Waals surface area (Å²) in [6.45, 7) is 2.10. The molecule has 6 nitrogen and oxygen atoms in total. The molecular formula is C18H17ClF3N3O3. The van der Waals surface area contributed by atoms with Crippen LogP contribution in [0.25, 0.3) is 22.6 Å². The van der Waals surface area contributed by atoms with Crippen molar-refractivity contribution in [3.05, 3.63) is 58.6 Å². The number of halogens is 4. The van der Waals surface area contributed by atoms with E-state index in [9.17, 15) is 18.0 Å². The summed E-state index contributed by atoms with van der Waals surface area (Å²) in [6, 6.07) is 9.60. The lowest BCUT2D eigenvalue weighted by Gasteiger charge is -2.15. The van der Waals surface area contributed by atoms with Crippen LogP contribution < -0.4 is 16.2 Å². The highest BCUT2D eigenvalue weighted by Gasteiger charge is 2.34. The van der Waals surface area contributed by atoms with Gasteiger partial charge in [-0.1, -0.05) is 12.1 Å². The van der Waals surface area contributed by atoms with Crippen LogP contribution in [-0.2, 0) is 6.18 Å². The van der Waals surface area contributed by atoms with Gasteiger partial charge in [-0.15, -0.1) is 17.5 Å². The van der Waals surface area contributed by atoms with Crippen LogP contribution in [0.5, 0.6) is 5.75 Å². The van der Waals surface area contributed by atoms with Crippen LogP contribution in [-0.4, -0.2) is 22.8 Å². The van der Waals surface area contributed by atoms with E-state index in [1.807, 2.05) is 0 Å². The van der Waals surface area contributed by atoms with Gasteiger partial charge < -0.3 is 14.9 Å². The van der Waals surface area contributed by atoms with Crippen LogP contribution in [0.15, 0.2) is 51.7 Å². The Morgan fingerprint density at radius 1 is 1.18 bits per heavy atom. The molecule has 0 amide bonds. The molecule has 0 bridgehead atoms. The zero-order valence-corrected chi connectivity index (χ0v) is 15.4. The zero-order valence-electron chi connectivity index (χ0n) is 14.6. The first-order valence-electron chi connectivity index (χ1n) is 8.02. The van der Waals surface area contributed by atoms with Crippen molar-refractivity contribution < 1.29 is 22.3 Å². The van der Waals surface area contributed by atoms with Crippen LogP contribution in [0.4, 0.5) is 13.2 Å². The average molecular weight is 416 g/mol. The maximum atomic E-state index is 13.4. The highest BCUT2D eigenvalue weighted by molar-refractivity contribution is 5.85. The summed E-state index contributed by atoms with van der Waals surface area (Å²) >= 11 is 0. The number of rotatable bonds is 5.